The predicted octanol–water partition coefficient (Wildman–Crippen LogP) is 6.35. The number of carbonyl (C=O) groups is 2. The number of carbonyl (C=O) groups excluding carboxylic acids is 2. The molecule has 0 unspecified atom stereocenters. The van der Waals surface area contributed by atoms with E-state index in [2.05, 4.69) is 5.32 Å². The molecule has 1 aromatic heterocycles. The summed E-state index contributed by atoms with van der Waals surface area (Å²) in [5, 5.41) is 4.86. The molecule has 2 aliphatic rings. The normalized spacial score (nSPS) is 20.4. The van der Waals surface area contributed by atoms with Crippen LogP contribution in [0.2, 0.25) is 0 Å². The highest BCUT2D eigenvalue weighted by Crippen LogP contribution is 2.49. The van der Waals surface area contributed by atoms with Gasteiger partial charge in [0, 0.05) is 22.6 Å². The maximum absolute atomic E-state index is 13.8. The Kier molecular flexibility index (Phi) is 5.51. The number of hydrogen-bond donors (Lipinski definition) is 1. The Labute approximate surface area is 196 Å². The van der Waals surface area contributed by atoms with Crippen LogP contribution >= 0.6 is 11.3 Å². The van der Waals surface area contributed by atoms with E-state index < -0.39 is 23.9 Å². The Morgan fingerprint density at radius 3 is 2.41 bits per heavy atom. The molecule has 0 bridgehead atoms. The van der Waals surface area contributed by atoms with Gasteiger partial charge in [-0.2, -0.15) is 13.2 Å². The average Bonchev–Trinajstić information content (AvgIpc) is 3.28. The molecule has 1 N–H and O–H groups in total. The molecule has 5 rings (SSSR count). The fraction of sp³-hybridized carbons (Fsp3) is 0.200. The Balaban J connectivity index is 1.70. The van der Waals surface area contributed by atoms with E-state index in [1.807, 2.05) is 0 Å². The van der Waals surface area contributed by atoms with Crippen LogP contribution in [0.4, 0.5) is 28.9 Å². The first kappa shape index (κ1) is 22.3. The highest BCUT2D eigenvalue weighted by Gasteiger charge is 2.50. The molecule has 0 saturated heterocycles. The van der Waals surface area contributed by atoms with Gasteiger partial charge < -0.3 is 5.32 Å². The molecule has 1 aliphatic carbocycles. The second kappa shape index (κ2) is 8.39. The molecule has 4 nitrogen and oxygen atoms in total. The first-order valence-corrected chi connectivity index (χ1v) is 11.4. The SMILES string of the molecule is O=C1C[C@@H](c2ccc(F)cc2)CC2=C1[C@@H](c1cccs1)N(C(=O)C(F)(F)F)c1ccccc1N2. The van der Waals surface area contributed by atoms with Crippen LogP contribution in [0.1, 0.15) is 35.2 Å². The van der Waals surface area contributed by atoms with E-state index in [9.17, 15) is 27.2 Å². The summed E-state index contributed by atoms with van der Waals surface area (Å²) in [6.45, 7) is 0. The van der Waals surface area contributed by atoms with Crippen LogP contribution in [0.3, 0.4) is 0 Å². The molecule has 3 aromatic rings. The van der Waals surface area contributed by atoms with Crippen molar-refractivity contribution in [2.45, 2.75) is 31.0 Å². The molecule has 174 valence electrons. The lowest BCUT2D eigenvalue weighted by molar-refractivity contribution is -0.170. The number of rotatable bonds is 2. The number of halogens is 4. The number of fused-ring (bicyclic) bond motifs is 1. The number of allylic oxidation sites excluding steroid dienone is 1. The number of nitrogens with one attached hydrogen (secondary N) is 1. The van der Waals surface area contributed by atoms with Crippen LogP contribution < -0.4 is 10.2 Å². The second-order valence-corrected chi connectivity index (χ2v) is 9.18. The van der Waals surface area contributed by atoms with E-state index in [1.165, 1.54) is 29.5 Å². The van der Waals surface area contributed by atoms with E-state index in [1.54, 1.807) is 47.8 Å². The van der Waals surface area contributed by atoms with Crippen molar-refractivity contribution in [2.24, 2.45) is 0 Å². The highest BCUT2D eigenvalue weighted by molar-refractivity contribution is 7.10. The summed E-state index contributed by atoms with van der Waals surface area (Å²) in [5.41, 5.74) is 1.73. The van der Waals surface area contributed by atoms with Crippen LogP contribution in [0.25, 0.3) is 0 Å². The summed E-state index contributed by atoms with van der Waals surface area (Å²) in [6.07, 6.45) is -4.77. The first-order valence-electron chi connectivity index (χ1n) is 10.6. The van der Waals surface area contributed by atoms with E-state index in [4.69, 9.17) is 0 Å². The van der Waals surface area contributed by atoms with Crippen molar-refractivity contribution in [3.63, 3.8) is 0 Å². The number of Topliss-reactive ketones (excluding diaryl/α,β-unsaturated/α-hetero) is 1. The predicted molar refractivity (Wildman–Crippen MR) is 121 cm³/mol. The molecule has 2 atom stereocenters. The van der Waals surface area contributed by atoms with E-state index in [0.29, 0.717) is 27.6 Å². The van der Waals surface area contributed by atoms with E-state index in [-0.39, 0.29) is 29.4 Å². The lowest BCUT2D eigenvalue weighted by atomic mass is 9.79. The zero-order chi connectivity index (χ0) is 24.0. The zero-order valence-corrected chi connectivity index (χ0v) is 18.4. The number of thiophene rings is 1. The van der Waals surface area contributed by atoms with Gasteiger partial charge in [-0.3, -0.25) is 14.5 Å². The second-order valence-electron chi connectivity index (χ2n) is 8.21. The standard InChI is InChI=1S/C25H18F4N2O2S/c26-16-9-7-14(8-10-16)15-12-18-22(20(32)13-15)23(21-6-3-11-34-21)31(24(33)25(27,28)29)19-5-2-1-4-17(19)30-18/h1-11,15,23,30H,12-13H2/t15-,23+/m0/s1. The van der Waals surface area contributed by atoms with Gasteiger partial charge in [-0.25, -0.2) is 4.39 Å². The molecule has 0 radical (unpaired) electrons. The summed E-state index contributed by atoms with van der Waals surface area (Å²) >= 11 is 1.18. The fourth-order valence-electron chi connectivity index (χ4n) is 4.64. The van der Waals surface area contributed by atoms with Crippen molar-refractivity contribution in [2.75, 3.05) is 10.2 Å². The third-order valence-corrected chi connectivity index (χ3v) is 7.03. The van der Waals surface area contributed by atoms with Crippen molar-refractivity contribution in [1.29, 1.82) is 0 Å². The van der Waals surface area contributed by atoms with Crippen molar-refractivity contribution in [1.82, 2.24) is 0 Å². The third-order valence-electron chi connectivity index (χ3n) is 6.10. The molecule has 34 heavy (non-hydrogen) atoms. The first-order chi connectivity index (χ1) is 16.2. The number of para-hydroxylation sites is 2. The number of amides is 1. The number of nitrogens with zero attached hydrogens (tertiary/aromatic N) is 1. The lowest BCUT2D eigenvalue weighted by Gasteiger charge is -2.34. The highest BCUT2D eigenvalue weighted by atomic mass is 32.1. The van der Waals surface area contributed by atoms with Crippen LogP contribution in [0.15, 0.2) is 77.3 Å². The molecule has 2 aromatic carbocycles. The molecule has 9 heteroatoms. The monoisotopic (exact) mass is 486 g/mol. The van der Waals surface area contributed by atoms with Crippen molar-refractivity contribution in [3.8, 4) is 0 Å². The molecular formula is C25H18F4N2O2S. The number of anilines is 2. The number of alkyl halides is 3. The van der Waals surface area contributed by atoms with Crippen LogP contribution in [-0.4, -0.2) is 17.9 Å². The third kappa shape index (κ3) is 3.90. The van der Waals surface area contributed by atoms with Gasteiger partial charge in [0.1, 0.15) is 11.9 Å². The van der Waals surface area contributed by atoms with Crippen LogP contribution in [-0.2, 0) is 9.59 Å². The van der Waals surface area contributed by atoms with Crippen molar-refractivity contribution in [3.05, 3.63) is 93.6 Å². The Morgan fingerprint density at radius 1 is 1.00 bits per heavy atom. The summed E-state index contributed by atoms with van der Waals surface area (Å²) < 4.78 is 54.7. The molecule has 0 saturated carbocycles. The quantitative estimate of drug-likeness (QED) is 0.430. The summed E-state index contributed by atoms with van der Waals surface area (Å²) in [5.74, 6) is -3.07. The largest absolute Gasteiger partial charge is 0.471 e. The van der Waals surface area contributed by atoms with Crippen molar-refractivity contribution < 1.29 is 27.2 Å². The Morgan fingerprint density at radius 2 is 1.74 bits per heavy atom. The zero-order valence-electron chi connectivity index (χ0n) is 17.6. The number of hydrogen-bond acceptors (Lipinski definition) is 4. The summed E-state index contributed by atoms with van der Waals surface area (Å²) in [7, 11) is 0. The molecule has 0 fully saturated rings. The van der Waals surface area contributed by atoms with Gasteiger partial charge in [0.2, 0.25) is 0 Å². The van der Waals surface area contributed by atoms with Gasteiger partial charge >= 0.3 is 12.1 Å². The van der Waals surface area contributed by atoms with Gasteiger partial charge in [-0.05, 0) is 53.6 Å². The maximum atomic E-state index is 13.8. The van der Waals surface area contributed by atoms with Gasteiger partial charge in [-0.1, -0.05) is 30.3 Å². The molecular weight excluding hydrogens is 468 g/mol. The molecule has 2 heterocycles. The van der Waals surface area contributed by atoms with Gasteiger partial charge in [0.05, 0.1) is 11.4 Å². The van der Waals surface area contributed by atoms with Crippen molar-refractivity contribution >= 4 is 34.4 Å². The smallest absolute Gasteiger partial charge is 0.357 e. The summed E-state index contributed by atoms with van der Waals surface area (Å²) in [6, 6.07) is 14.2. The maximum Gasteiger partial charge on any atom is 0.471 e. The Bertz CT molecular complexity index is 1280. The van der Waals surface area contributed by atoms with E-state index >= 15 is 0 Å². The van der Waals surface area contributed by atoms with Gasteiger partial charge in [0.25, 0.3) is 0 Å². The van der Waals surface area contributed by atoms with E-state index in [0.717, 1.165) is 5.56 Å². The fourth-order valence-corrected chi connectivity index (χ4v) is 5.46. The minimum Gasteiger partial charge on any atom is -0.357 e. The topological polar surface area (TPSA) is 49.4 Å². The number of benzene rings is 2. The molecule has 1 aliphatic heterocycles. The lowest BCUT2D eigenvalue weighted by Crippen LogP contribution is -2.45. The number of ketones is 1. The average molecular weight is 486 g/mol. The minimum absolute atomic E-state index is 0.0401. The molecule has 0 spiro atoms. The van der Waals surface area contributed by atoms with Gasteiger partial charge in [-0.15, -0.1) is 11.3 Å². The molecule has 1 amide bonds. The van der Waals surface area contributed by atoms with Gasteiger partial charge in [0.15, 0.2) is 5.78 Å². The van der Waals surface area contributed by atoms with Crippen LogP contribution in [0, 0.1) is 5.82 Å². The Hall–Kier alpha value is -3.46. The van der Waals surface area contributed by atoms with Crippen LogP contribution in [0.5, 0.6) is 0 Å². The summed E-state index contributed by atoms with van der Waals surface area (Å²) in [4.78, 5) is 27.4. The minimum atomic E-state index is -5.14.